The van der Waals surface area contributed by atoms with Crippen molar-refractivity contribution in [3.05, 3.63) is 16.1 Å². The summed E-state index contributed by atoms with van der Waals surface area (Å²) in [5.41, 5.74) is 5.24. The fourth-order valence-corrected chi connectivity index (χ4v) is 1.55. The zero-order valence-electron chi connectivity index (χ0n) is 5.91. The topological polar surface area (TPSA) is 73.1 Å². The van der Waals surface area contributed by atoms with Crippen molar-refractivity contribution in [3.8, 4) is 0 Å². The van der Waals surface area contributed by atoms with Crippen molar-refractivity contribution in [2.45, 2.75) is 0 Å². The first kappa shape index (κ1) is 9.34. The van der Waals surface area contributed by atoms with Crippen LogP contribution in [0.25, 0.3) is 0 Å². The minimum Gasteiger partial charge on any atom is -0.364 e. The van der Waals surface area contributed by atoms with Gasteiger partial charge in [0, 0.05) is 5.38 Å². The number of alkyl halides is 1. The van der Waals surface area contributed by atoms with Gasteiger partial charge in [-0.05, 0) is 0 Å². The van der Waals surface area contributed by atoms with Gasteiger partial charge in [0.2, 0.25) is 0 Å². The van der Waals surface area contributed by atoms with Crippen molar-refractivity contribution in [1.29, 1.82) is 0 Å². The van der Waals surface area contributed by atoms with E-state index in [0.717, 1.165) is 11.3 Å². The number of rotatable bonds is 3. The average molecular weight is 249 g/mol. The van der Waals surface area contributed by atoms with Gasteiger partial charge in [0.05, 0.1) is 5.33 Å². The van der Waals surface area contributed by atoms with Crippen molar-refractivity contribution in [1.82, 2.24) is 4.98 Å². The predicted octanol–water partition coefficient (Wildman–Crippen LogP) is 0.820. The number of hydrogen-bond donors (Lipinski definition) is 1. The van der Waals surface area contributed by atoms with Crippen LogP contribution in [-0.4, -0.2) is 22.0 Å². The molecular weight excluding hydrogens is 244 g/mol. The maximum absolute atomic E-state index is 11.0. The maximum Gasteiger partial charge on any atom is 0.277 e. The van der Waals surface area contributed by atoms with Crippen LogP contribution in [0.5, 0.6) is 0 Å². The highest BCUT2D eigenvalue weighted by Gasteiger charge is 2.11. The molecule has 0 saturated heterocycles. The lowest BCUT2D eigenvalue weighted by Gasteiger charge is -1.86. The molecule has 0 aliphatic carbocycles. The number of ketones is 1. The summed E-state index contributed by atoms with van der Waals surface area (Å²) in [6, 6.07) is 0. The smallest absolute Gasteiger partial charge is 0.277 e. The molecule has 0 aromatic carbocycles. The van der Waals surface area contributed by atoms with Gasteiger partial charge in [-0.3, -0.25) is 9.59 Å². The molecular formula is C6H5BrN2O2S. The molecule has 0 saturated carbocycles. The van der Waals surface area contributed by atoms with E-state index in [1.165, 1.54) is 5.38 Å². The third-order valence-corrected chi connectivity index (χ3v) is 2.49. The second kappa shape index (κ2) is 3.77. The van der Waals surface area contributed by atoms with Gasteiger partial charge in [-0.2, -0.15) is 0 Å². The summed E-state index contributed by atoms with van der Waals surface area (Å²) in [6.07, 6.45) is 0. The van der Waals surface area contributed by atoms with Crippen LogP contribution < -0.4 is 5.73 Å². The van der Waals surface area contributed by atoms with Crippen LogP contribution in [0.4, 0.5) is 0 Å². The minimum absolute atomic E-state index is 0.154. The largest absolute Gasteiger partial charge is 0.364 e. The molecule has 0 spiro atoms. The molecule has 1 amide bonds. The standard InChI is InChI=1S/C6H5BrN2O2S/c7-1-4(10)3-2-12-6(9-3)5(8)11/h2H,1H2,(H2,8,11). The molecule has 4 nitrogen and oxygen atoms in total. The quantitative estimate of drug-likeness (QED) is 0.636. The second-order valence-corrected chi connectivity index (χ2v) is 3.38. The van der Waals surface area contributed by atoms with Crippen LogP contribution in [0.1, 0.15) is 20.3 Å². The maximum atomic E-state index is 11.0. The molecule has 6 heteroatoms. The molecule has 12 heavy (non-hydrogen) atoms. The molecule has 0 aliphatic rings. The average Bonchev–Trinajstić information content (AvgIpc) is 2.51. The lowest BCUT2D eigenvalue weighted by atomic mass is 10.3. The molecule has 0 atom stereocenters. The lowest BCUT2D eigenvalue weighted by molar-refractivity contribution is 0.1000. The number of carbonyl (C=O) groups excluding carboxylic acids is 2. The number of nitrogens with zero attached hydrogens (tertiary/aromatic N) is 1. The number of thiazole rings is 1. The second-order valence-electron chi connectivity index (χ2n) is 1.96. The summed E-state index contributed by atoms with van der Waals surface area (Å²) in [4.78, 5) is 25.3. The van der Waals surface area contributed by atoms with E-state index < -0.39 is 5.91 Å². The van der Waals surface area contributed by atoms with E-state index in [2.05, 4.69) is 20.9 Å². The van der Waals surface area contributed by atoms with Crippen LogP contribution >= 0.6 is 27.3 Å². The lowest BCUT2D eigenvalue weighted by Crippen LogP contribution is -2.11. The van der Waals surface area contributed by atoms with Crippen molar-refractivity contribution >= 4 is 39.0 Å². The molecule has 1 heterocycles. The third kappa shape index (κ3) is 1.89. The van der Waals surface area contributed by atoms with Crippen molar-refractivity contribution in [2.75, 3.05) is 5.33 Å². The van der Waals surface area contributed by atoms with Gasteiger partial charge in [-0.1, -0.05) is 15.9 Å². The first-order valence-corrected chi connectivity index (χ1v) is 4.99. The van der Waals surface area contributed by atoms with E-state index in [1.807, 2.05) is 0 Å². The summed E-state index contributed by atoms with van der Waals surface area (Å²) in [5.74, 6) is -0.757. The molecule has 0 bridgehead atoms. The van der Waals surface area contributed by atoms with Gasteiger partial charge in [-0.15, -0.1) is 11.3 Å². The molecule has 0 unspecified atom stereocenters. The third-order valence-electron chi connectivity index (χ3n) is 1.12. The highest BCUT2D eigenvalue weighted by Crippen LogP contribution is 2.10. The van der Waals surface area contributed by atoms with Crippen LogP contribution in [0.2, 0.25) is 0 Å². The van der Waals surface area contributed by atoms with Gasteiger partial charge in [0.15, 0.2) is 10.8 Å². The van der Waals surface area contributed by atoms with Gasteiger partial charge in [-0.25, -0.2) is 4.98 Å². The Labute approximate surface area is 80.9 Å². The fourth-order valence-electron chi connectivity index (χ4n) is 0.583. The number of amides is 1. The van der Waals surface area contributed by atoms with Gasteiger partial charge in [0.1, 0.15) is 5.69 Å². The summed E-state index contributed by atoms with van der Waals surface area (Å²) in [7, 11) is 0. The van der Waals surface area contributed by atoms with Gasteiger partial charge >= 0.3 is 0 Å². The first-order chi connectivity index (χ1) is 5.65. The summed E-state index contributed by atoms with van der Waals surface area (Å²) < 4.78 is 0. The van der Waals surface area contributed by atoms with Crippen molar-refractivity contribution in [3.63, 3.8) is 0 Å². The van der Waals surface area contributed by atoms with Crippen molar-refractivity contribution in [2.24, 2.45) is 5.73 Å². The Morgan fingerprint density at radius 3 is 2.75 bits per heavy atom. The summed E-state index contributed by atoms with van der Waals surface area (Å²) >= 11 is 4.07. The number of nitrogens with two attached hydrogens (primary N) is 1. The Hall–Kier alpha value is -0.750. The Morgan fingerprint density at radius 2 is 2.33 bits per heavy atom. The monoisotopic (exact) mass is 248 g/mol. The van der Waals surface area contributed by atoms with Crippen LogP contribution in [-0.2, 0) is 0 Å². The number of hydrogen-bond acceptors (Lipinski definition) is 4. The number of primary amides is 1. The van der Waals surface area contributed by atoms with Gasteiger partial charge < -0.3 is 5.73 Å². The van der Waals surface area contributed by atoms with Crippen LogP contribution in [0.3, 0.4) is 0 Å². The van der Waals surface area contributed by atoms with E-state index in [9.17, 15) is 9.59 Å². The SMILES string of the molecule is NC(=O)c1nc(C(=O)CBr)cs1. The highest BCUT2D eigenvalue weighted by molar-refractivity contribution is 9.09. The molecule has 0 aliphatic heterocycles. The number of halogens is 1. The Bertz CT molecular complexity index is 323. The van der Waals surface area contributed by atoms with E-state index in [-0.39, 0.29) is 21.8 Å². The molecule has 0 fully saturated rings. The van der Waals surface area contributed by atoms with Crippen molar-refractivity contribution < 1.29 is 9.59 Å². The number of aromatic nitrogens is 1. The molecule has 1 aromatic heterocycles. The van der Waals surface area contributed by atoms with Crippen LogP contribution in [0.15, 0.2) is 5.38 Å². The fraction of sp³-hybridized carbons (Fsp3) is 0.167. The molecule has 64 valence electrons. The van der Waals surface area contributed by atoms with E-state index in [4.69, 9.17) is 5.73 Å². The highest BCUT2D eigenvalue weighted by atomic mass is 79.9. The molecule has 0 radical (unpaired) electrons. The Morgan fingerprint density at radius 1 is 1.67 bits per heavy atom. The van der Waals surface area contributed by atoms with E-state index in [0.29, 0.717) is 0 Å². The summed E-state index contributed by atoms with van der Waals surface area (Å²) in [6.45, 7) is 0. The van der Waals surface area contributed by atoms with Gasteiger partial charge in [0.25, 0.3) is 5.91 Å². The molecule has 1 rings (SSSR count). The van der Waals surface area contributed by atoms with E-state index >= 15 is 0 Å². The predicted molar refractivity (Wildman–Crippen MR) is 48.8 cm³/mol. The molecule has 1 aromatic rings. The Kier molecular flexibility index (Phi) is 2.93. The Balaban J connectivity index is 2.91. The van der Waals surface area contributed by atoms with Crippen LogP contribution in [0, 0.1) is 0 Å². The summed E-state index contributed by atoms with van der Waals surface area (Å²) in [5, 5.41) is 1.89. The normalized spacial score (nSPS) is 9.75. The number of carbonyl (C=O) groups is 2. The molecule has 2 N–H and O–H groups in total. The number of Topliss-reactive ketones (excluding diaryl/α,β-unsaturated/α-hetero) is 1. The zero-order chi connectivity index (χ0) is 9.14. The zero-order valence-corrected chi connectivity index (χ0v) is 8.31. The minimum atomic E-state index is -0.603. The first-order valence-electron chi connectivity index (χ1n) is 2.99. The van der Waals surface area contributed by atoms with E-state index in [1.54, 1.807) is 0 Å².